The average molecular weight is 541 g/mol. The number of hydrogen-bond donors (Lipinski definition) is 1. The minimum atomic E-state index is -3.77. The fraction of sp³-hybridized carbons (Fsp3) is 0.806. The number of phosphoric ester groups is 1. The lowest BCUT2D eigenvalue weighted by Gasteiger charge is -2.28. The van der Waals surface area contributed by atoms with E-state index in [0.717, 1.165) is 68.1 Å². The molecular weight excluding hydrogens is 483 g/mol. The number of unbranched alkanes of at least 4 members (excludes halogenated alkanes) is 2. The van der Waals surface area contributed by atoms with Crippen molar-refractivity contribution in [1.29, 1.82) is 0 Å². The molecule has 0 spiro atoms. The summed E-state index contributed by atoms with van der Waals surface area (Å²) in [6, 6.07) is 3.92. The van der Waals surface area contributed by atoms with E-state index in [4.69, 9.17) is 13.6 Å². The Bertz CT molecular complexity index is 778. The first-order valence-corrected chi connectivity index (χ1v) is 16.1. The van der Waals surface area contributed by atoms with Crippen LogP contribution in [0.2, 0.25) is 0 Å². The molecule has 0 fully saturated rings. The van der Waals surface area contributed by atoms with Gasteiger partial charge in [0.2, 0.25) is 0 Å². The van der Waals surface area contributed by atoms with Gasteiger partial charge in [-0.2, -0.15) is 0 Å². The summed E-state index contributed by atoms with van der Waals surface area (Å²) in [6.45, 7) is 22.0. The van der Waals surface area contributed by atoms with Crippen LogP contribution in [0.1, 0.15) is 137 Å². The van der Waals surface area contributed by atoms with Gasteiger partial charge in [-0.3, -0.25) is 13.6 Å². The van der Waals surface area contributed by atoms with Crippen LogP contribution in [0.5, 0.6) is 5.75 Å². The highest BCUT2D eigenvalue weighted by Crippen LogP contribution is 2.52. The van der Waals surface area contributed by atoms with Crippen LogP contribution in [-0.2, 0) is 35.6 Å². The van der Waals surface area contributed by atoms with Gasteiger partial charge in [0.15, 0.2) is 0 Å². The zero-order chi connectivity index (χ0) is 28.3. The monoisotopic (exact) mass is 540 g/mol. The third-order valence-corrected chi connectivity index (χ3v) is 8.57. The lowest BCUT2D eigenvalue weighted by molar-refractivity contribution is 0.0802. The lowest BCUT2D eigenvalue weighted by atomic mass is 9.78. The van der Waals surface area contributed by atoms with Crippen molar-refractivity contribution in [3.63, 3.8) is 0 Å². The highest BCUT2D eigenvalue weighted by molar-refractivity contribution is 7.48. The Kier molecular flexibility index (Phi) is 14.5. The van der Waals surface area contributed by atoms with Crippen molar-refractivity contribution in [3.05, 3.63) is 28.8 Å². The van der Waals surface area contributed by atoms with Crippen LogP contribution >= 0.6 is 7.82 Å². The summed E-state index contributed by atoms with van der Waals surface area (Å²) in [5, 5.41) is 11.1. The van der Waals surface area contributed by atoms with E-state index in [9.17, 15) is 9.67 Å². The van der Waals surface area contributed by atoms with Gasteiger partial charge in [-0.1, -0.05) is 108 Å². The second-order valence-electron chi connectivity index (χ2n) is 12.7. The number of rotatable bonds is 17. The lowest BCUT2D eigenvalue weighted by Crippen LogP contribution is -2.18. The molecule has 1 N–H and O–H groups in total. The summed E-state index contributed by atoms with van der Waals surface area (Å²) in [6.07, 6.45) is 8.54. The zero-order valence-electron chi connectivity index (χ0n) is 25.6. The summed E-state index contributed by atoms with van der Waals surface area (Å²) < 4.78 is 31.9. The molecule has 0 saturated carbocycles. The fourth-order valence-electron chi connectivity index (χ4n) is 4.38. The van der Waals surface area contributed by atoms with Crippen molar-refractivity contribution in [2.75, 3.05) is 13.2 Å². The molecule has 1 aromatic rings. The van der Waals surface area contributed by atoms with Crippen LogP contribution in [0.25, 0.3) is 0 Å². The van der Waals surface area contributed by atoms with E-state index < -0.39 is 7.82 Å². The van der Waals surface area contributed by atoms with Crippen molar-refractivity contribution in [3.8, 4) is 5.75 Å². The maximum atomic E-state index is 13.9. The highest BCUT2D eigenvalue weighted by atomic mass is 31.2. The topological polar surface area (TPSA) is 65.0 Å². The van der Waals surface area contributed by atoms with Gasteiger partial charge in [-0.05, 0) is 64.3 Å². The molecule has 0 saturated heterocycles. The summed E-state index contributed by atoms with van der Waals surface area (Å²) in [5.74, 6) is 0.982. The Morgan fingerprint density at radius 3 is 1.49 bits per heavy atom. The Labute approximate surface area is 228 Å². The van der Waals surface area contributed by atoms with Crippen LogP contribution in [0.3, 0.4) is 0 Å². The van der Waals surface area contributed by atoms with Crippen molar-refractivity contribution >= 4 is 7.82 Å². The molecule has 0 aliphatic heterocycles. The molecule has 0 aliphatic rings. The largest absolute Gasteiger partial charge is 0.507 e. The van der Waals surface area contributed by atoms with Crippen molar-refractivity contribution < 1.29 is 23.2 Å². The van der Waals surface area contributed by atoms with E-state index in [2.05, 4.69) is 69.2 Å². The maximum Gasteiger partial charge on any atom is 0.475 e. The third kappa shape index (κ3) is 11.8. The molecule has 1 rings (SSSR count). The van der Waals surface area contributed by atoms with Crippen molar-refractivity contribution in [2.45, 2.75) is 138 Å². The van der Waals surface area contributed by atoms with Gasteiger partial charge >= 0.3 is 7.82 Å². The minimum absolute atomic E-state index is 0.0984. The molecule has 5 nitrogen and oxygen atoms in total. The standard InChI is InChI=1S/C31H57O5P/c1-11-15-17-24(13-3)21-34-37(33,35-22-25(14-4)18-16-12-2)36-23-26-19-27(30(5,6)7)29(32)28(20-26)31(8,9)10/h19-20,24-25,32H,11-18,21-23H2,1-10H3. The number of phenolic OH excluding ortho intramolecular Hbond substituents is 1. The Morgan fingerprint density at radius 2 is 1.16 bits per heavy atom. The fourth-order valence-corrected chi connectivity index (χ4v) is 5.69. The minimum Gasteiger partial charge on any atom is -0.507 e. The summed E-state index contributed by atoms with van der Waals surface area (Å²) in [7, 11) is -3.77. The molecule has 0 heterocycles. The first-order valence-electron chi connectivity index (χ1n) is 14.6. The van der Waals surface area contributed by atoms with E-state index in [1.807, 2.05) is 12.1 Å². The maximum absolute atomic E-state index is 13.9. The Balaban J connectivity index is 3.20. The normalized spacial score (nSPS) is 15.9. The van der Waals surface area contributed by atoms with Crippen molar-refractivity contribution in [2.24, 2.45) is 11.8 Å². The van der Waals surface area contributed by atoms with Gasteiger partial charge < -0.3 is 5.11 Å². The van der Waals surface area contributed by atoms with Crippen LogP contribution in [0.4, 0.5) is 0 Å². The van der Waals surface area contributed by atoms with Crippen LogP contribution in [-0.4, -0.2) is 18.3 Å². The molecule has 0 aromatic heterocycles. The van der Waals surface area contributed by atoms with Gasteiger partial charge in [0, 0.05) is 0 Å². The first-order chi connectivity index (χ1) is 17.2. The van der Waals surface area contributed by atoms with E-state index in [1.54, 1.807) is 0 Å². The number of phosphoric acid groups is 1. The van der Waals surface area contributed by atoms with Gasteiger partial charge in [0.05, 0.1) is 19.8 Å². The molecule has 216 valence electrons. The zero-order valence-corrected chi connectivity index (χ0v) is 26.5. The molecule has 0 radical (unpaired) electrons. The van der Waals surface area contributed by atoms with E-state index in [1.165, 1.54) is 0 Å². The predicted molar refractivity (Wildman–Crippen MR) is 156 cm³/mol. The number of aromatic hydroxyl groups is 1. The van der Waals surface area contributed by atoms with Crippen LogP contribution in [0.15, 0.2) is 12.1 Å². The Morgan fingerprint density at radius 1 is 0.757 bits per heavy atom. The SMILES string of the molecule is CCCCC(CC)COP(=O)(OCc1cc(C(C)(C)C)c(O)c(C(C)(C)C)c1)OCC(CC)CCCC. The number of phenols is 1. The predicted octanol–water partition coefficient (Wildman–Crippen LogP) is 10.1. The average Bonchev–Trinajstić information content (AvgIpc) is 2.82. The van der Waals surface area contributed by atoms with E-state index >= 15 is 0 Å². The molecule has 0 aliphatic carbocycles. The first kappa shape index (κ1) is 34.2. The second-order valence-corrected chi connectivity index (χ2v) is 14.4. The van der Waals surface area contributed by atoms with Gasteiger partial charge in [-0.15, -0.1) is 0 Å². The molecule has 1 aromatic carbocycles. The molecule has 2 atom stereocenters. The number of hydrogen-bond acceptors (Lipinski definition) is 5. The van der Waals surface area contributed by atoms with Crippen molar-refractivity contribution in [1.82, 2.24) is 0 Å². The molecule has 0 bridgehead atoms. The van der Waals surface area contributed by atoms with E-state index in [-0.39, 0.29) is 17.4 Å². The number of benzene rings is 1. The Hall–Kier alpha value is -0.870. The van der Waals surface area contributed by atoms with Gasteiger partial charge in [0.1, 0.15) is 5.75 Å². The summed E-state index contributed by atoms with van der Waals surface area (Å²) in [4.78, 5) is 0. The summed E-state index contributed by atoms with van der Waals surface area (Å²) >= 11 is 0. The second kappa shape index (κ2) is 15.7. The highest BCUT2D eigenvalue weighted by Gasteiger charge is 2.31. The quantitative estimate of drug-likeness (QED) is 0.199. The third-order valence-electron chi connectivity index (χ3n) is 7.20. The smallest absolute Gasteiger partial charge is 0.475 e. The van der Waals surface area contributed by atoms with E-state index in [0.29, 0.717) is 30.8 Å². The molecule has 0 amide bonds. The van der Waals surface area contributed by atoms with Crippen LogP contribution in [0, 0.1) is 11.8 Å². The van der Waals surface area contributed by atoms with Gasteiger partial charge in [0.25, 0.3) is 0 Å². The van der Waals surface area contributed by atoms with Gasteiger partial charge in [-0.25, -0.2) is 4.57 Å². The van der Waals surface area contributed by atoms with Crippen LogP contribution < -0.4 is 0 Å². The molecule has 37 heavy (non-hydrogen) atoms. The molecular formula is C31H57O5P. The molecule has 6 heteroatoms. The molecule has 2 unspecified atom stereocenters. The summed E-state index contributed by atoms with van der Waals surface area (Å²) in [5.41, 5.74) is 2.06.